The number of carbonyl (C=O) groups excluding carboxylic acids is 2. The van der Waals surface area contributed by atoms with Gasteiger partial charge in [0.25, 0.3) is 11.8 Å². The second-order valence-corrected chi connectivity index (χ2v) is 9.92. The number of nitrogen functional groups attached to an aromatic ring is 1. The van der Waals surface area contributed by atoms with Gasteiger partial charge in [-0.2, -0.15) is 18.3 Å². The number of alkyl halides is 3. The zero-order valence-corrected chi connectivity index (χ0v) is 21.0. The highest BCUT2D eigenvalue weighted by atomic mass is 35.5. The van der Waals surface area contributed by atoms with Gasteiger partial charge in [-0.25, -0.2) is 0 Å². The molecule has 2 aliphatic heterocycles. The molecule has 0 saturated heterocycles. The summed E-state index contributed by atoms with van der Waals surface area (Å²) in [5.41, 5.74) is 7.99. The number of rotatable bonds is 3. The Balaban J connectivity index is 1.44. The summed E-state index contributed by atoms with van der Waals surface area (Å²) in [6.07, 6.45) is -4.29. The van der Waals surface area contributed by atoms with E-state index in [1.807, 2.05) is 26.0 Å². The standard InChI is InChI=1S/C26H25ClF3N5O2/c1-14-11-22-19(13-34(14)24(36)17-5-8-21(27)20(12-17)26(28,29)30)23-25(37)33(9-10-35(23)32-22)15(2)16-3-6-18(31)7-4-16/h3-8,12,14-15H,9-11,13,31H2,1-2H3/t14-,15?/m1/s1. The molecule has 7 nitrogen and oxygen atoms in total. The van der Waals surface area contributed by atoms with Gasteiger partial charge in [0.1, 0.15) is 5.69 Å². The Morgan fingerprint density at radius 1 is 1.16 bits per heavy atom. The monoisotopic (exact) mass is 531 g/mol. The third-order valence-corrected chi connectivity index (χ3v) is 7.49. The van der Waals surface area contributed by atoms with Gasteiger partial charge in [-0.15, -0.1) is 0 Å². The first kappa shape index (κ1) is 25.1. The van der Waals surface area contributed by atoms with Crippen molar-refractivity contribution in [3.63, 3.8) is 0 Å². The lowest BCUT2D eigenvalue weighted by Gasteiger charge is -2.35. The minimum Gasteiger partial charge on any atom is -0.399 e. The van der Waals surface area contributed by atoms with Crippen LogP contribution in [0, 0.1) is 0 Å². The summed E-state index contributed by atoms with van der Waals surface area (Å²) in [5.74, 6) is -0.757. The van der Waals surface area contributed by atoms with Crippen LogP contribution in [-0.4, -0.2) is 44.0 Å². The van der Waals surface area contributed by atoms with Gasteiger partial charge in [-0.1, -0.05) is 23.7 Å². The molecule has 0 radical (unpaired) electrons. The Hall–Kier alpha value is -3.53. The topological polar surface area (TPSA) is 84.5 Å². The Morgan fingerprint density at radius 3 is 2.54 bits per heavy atom. The number of nitrogens with zero attached hydrogens (tertiary/aromatic N) is 4. The summed E-state index contributed by atoms with van der Waals surface area (Å²) in [7, 11) is 0. The quantitative estimate of drug-likeness (QED) is 0.485. The summed E-state index contributed by atoms with van der Waals surface area (Å²) in [6.45, 7) is 4.81. The number of hydrogen-bond donors (Lipinski definition) is 1. The fraction of sp³-hybridized carbons (Fsp3) is 0.346. The van der Waals surface area contributed by atoms with Crippen LogP contribution in [0.15, 0.2) is 42.5 Å². The maximum Gasteiger partial charge on any atom is 0.417 e. The van der Waals surface area contributed by atoms with Crippen molar-refractivity contribution in [1.29, 1.82) is 0 Å². The van der Waals surface area contributed by atoms with E-state index in [2.05, 4.69) is 5.10 Å². The van der Waals surface area contributed by atoms with E-state index in [4.69, 9.17) is 17.3 Å². The summed E-state index contributed by atoms with van der Waals surface area (Å²) >= 11 is 5.73. The predicted molar refractivity (Wildman–Crippen MR) is 132 cm³/mol. The molecule has 11 heteroatoms. The largest absolute Gasteiger partial charge is 0.417 e. The molecule has 1 unspecified atom stereocenters. The lowest BCUT2D eigenvalue weighted by Crippen LogP contribution is -2.44. The normalized spacial score (nSPS) is 18.4. The number of aromatic nitrogens is 2. The number of amides is 2. The third kappa shape index (κ3) is 4.43. The first-order valence-electron chi connectivity index (χ1n) is 11.9. The highest BCUT2D eigenvalue weighted by Crippen LogP contribution is 2.36. The molecule has 0 saturated carbocycles. The highest BCUT2D eigenvalue weighted by Gasteiger charge is 2.39. The third-order valence-electron chi connectivity index (χ3n) is 7.17. The lowest BCUT2D eigenvalue weighted by molar-refractivity contribution is -0.137. The predicted octanol–water partition coefficient (Wildman–Crippen LogP) is 4.94. The van der Waals surface area contributed by atoms with Crippen LogP contribution in [0.5, 0.6) is 0 Å². The molecule has 3 aromatic rings. The smallest absolute Gasteiger partial charge is 0.399 e. The number of hydrogen-bond acceptors (Lipinski definition) is 4. The molecule has 1 aromatic heterocycles. The summed E-state index contributed by atoms with van der Waals surface area (Å²) in [4.78, 5) is 30.3. The van der Waals surface area contributed by atoms with Crippen molar-refractivity contribution in [3.8, 4) is 0 Å². The van der Waals surface area contributed by atoms with Crippen molar-refractivity contribution in [2.45, 2.75) is 51.6 Å². The molecule has 0 spiro atoms. The number of fused-ring (bicyclic) bond motifs is 3. The van der Waals surface area contributed by atoms with Crippen molar-refractivity contribution >= 4 is 29.1 Å². The van der Waals surface area contributed by atoms with E-state index >= 15 is 0 Å². The van der Waals surface area contributed by atoms with Gasteiger partial charge in [-0.3, -0.25) is 14.3 Å². The van der Waals surface area contributed by atoms with Gasteiger partial charge in [-0.05, 0) is 49.7 Å². The molecule has 3 heterocycles. The first-order chi connectivity index (χ1) is 17.5. The zero-order chi connectivity index (χ0) is 26.6. The molecule has 2 amide bonds. The van der Waals surface area contributed by atoms with Crippen LogP contribution < -0.4 is 5.73 Å². The molecule has 5 rings (SSSR count). The number of nitrogens with two attached hydrogens (primary N) is 1. The molecule has 2 atom stereocenters. The fourth-order valence-electron chi connectivity index (χ4n) is 5.07. The number of carbonyl (C=O) groups is 2. The number of halogens is 4. The Bertz CT molecular complexity index is 1390. The van der Waals surface area contributed by atoms with Crippen molar-refractivity contribution in [1.82, 2.24) is 19.6 Å². The fourth-order valence-corrected chi connectivity index (χ4v) is 5.30. The molecule has 194 valence electrons. The maximum absolute atomic E-state index is 13.6. The molecule has 0 fully saturated rings. The zero-order valence-electron chi connectivity index (χ0n) is 20.2. The molecule has 37 heavy (non-hydrogen) atoms. The van der Waals surface area contributed by atoms with Crippen molar-refractivity contribution in [3.05, 3.63) is 81.1 Å². The Labute approximate surface area is 216 Å². The van der Waals surface area contributed by atoms with Crippen LogP contribution in [0.2, 0.25) is 5.02 Å². The molecular formula is C26H25ClF3N5O2. The van der Waals surface area contributed by atoms with E-state index in [1.165, 1.54) is 11.0 Å². The molecule has 0 bridgehead atoms. The SMILES string of the molecule is CC(c1ccc(N)cc1)N1CCn2nc3c(c2C1=O)CN(C(=O)c1ccc(Cl)c(C(F)(F)F)c1)[C@H](C)C3. The minimum atomic E-state index is -4.68. The van der Waals surface area contributed by atoms with E-state index in [-0.39, 0.29) is 30.1 Å². The highest BCUT2D eigenvalue weighted by molar-refractivity contribution is 6.31. The second-order valence-electron chi connectivity index (χ2n) is 9.52. The second kappa shape index (κ2) is 9.09. The molecular weight excluding hydrogens is 507 g/mol. The molecule has 2 N–H and O–H groups in total. The van der Waals surface area contributed by atoms with E-state index < -0.39 is 22.7 Å². The summed E-state index contributed by atoms with van der Waals surface area (Å²) in [6, 6.07) is 9.98. The van der Waals surface area contributed by atoms with E-state index in [1.54, 1.807) is 21.7 Å². The van der Waals surface area contributed by atoms with E-state index in [9.17, 15) is 22.8 Å². The molecule has 0 aliphatic carbocycles. The van der Waals surface area contributed by atoms with E-state index in [0.717, 1.165) is 23.4 Å². The number of benzene rings is 2. The average molecular weight is 532 g/mol. The van der Waals surface area contributed by atoms with Gasteiger partial charge >= 0.3 is 6.18 Å². The van der Waals surface area contributed by atoms with Gasteiger partial charge in [0.05, 0.1) is 35.4 Å². The Morgan fingerprint density at radius 2 is 1.86 bits per heavy atom. The lowest BCUT2D eigenvalue weighted by atomic mass is 9.97. The number of anilines is 1. The average Bonchev–Trinajstić information content (AvgIpc) is 3.21. The van der Waals surface area contributed by atoms with Crippen molar-refractivity contribution in [2.75, 3.05) is 12.3 Å². The van der Waals surface area contributed by atoms with Crippen LogP contribution >= 0.6 is 11.6 Å². The minimum absolute atomic E-state index is 0.0739. The van der Waals surface area contributed by atoms with Gasteiger partial charge in [0, 0.05) is 35.8 Å². The Kier molecular flexibility index (Phi) is 6.18. The maximum atomic E-state index is 13.6. The summed E-state index contributed by atoms with van der Waals surface area (Å²) in [5, 5.41) is 4.18. The van der Waals surface area contributed by atoms with Crippen molar-refractivity contribution < 1.29 is 22.8 Å². The first-order valence-corrected chi connectivity index (χ1v) is 12.3. The van der Waals surface area contributed by atoms with E-state index in [0.29, 0.717) is 36.5 Å². The molecule has 2 aliphatic rings. The molecule has 2 aromatic carbocycles. The van der Waals surface area contributed by atoms with Crippen LogP contribution in [0.4, 0.5) is 18.9 Å². The van der Waals surface area contributed by atoms with Crippen LogP contribution in [0.3, 0.4) is 0 Å². The summed E-state index contributed by atoms with van der Waals surface area (Å²) < 4.78 is 41.8. The van der Waals surface area contributed by atoms with Crippen LogP contribution in [-0.2, 0) is 25.7 Å². The van der Waals surface area contributed by atoms with Gasteiger partial charge in [0.2, 0.25) is 0 Å². The van der Waals surface area contributed by atoms with Crippen molar-refractivity contribution in [2.24, 2.45) is 0 Å². The van der Waals surface area contributed by atoms with Gasteiger partial charge in [0.15, 0.2) is 0 Å². The van der Waals surface area contributed by atoms with Crippen LogP contribution in [0.25, 0.3) is 0 Å². The van der Waals surface area contributed by atoms with Gasteiger partial charge < -0.3 is 15.5 Å². The van der Waals surface area contributed by atoms with Crippen LogP contribution in [0.1, 0.15) is 63.1 Å².